The molecule has 0 aliphatic carbocycles. The fraction of sp³-hybridized carbons (Fsp3) is 0.318. The van der Waals surface area contributed by atoms with Gasteiger partial charge in [-0.3, -0.25) is 4.57 Å². The van der Waals surface area contributed by atoms with Crippen LogP contribution in [0.1, 0.15) is 43.0 Å². The average molecular weight is 456 g/mol. The number of hydrogen-bond acceptors (Lipinski definition) is 5. The van der Waals surface area contributed by atoms with Crippen molar-refractivity contribution in [2.75, 3.05) is 0 Å². The van der Waals surface area contributed by atoms with Crippen molar-refractivity contribution in [2.45, 2.75) is 47.1 Å². The van der Waals surface area contributed by atoms with Crippen LogP contribution in [0.2, 0.25) is 0 Å². The lowest BCUT2D eigenvalue weighted by Crippen LogP contribution is -2.26. The molecule has 0 atom stereocenters. The quantitative estimate of drug-likeness (QED) is 0.273. The van der Waals surface area contributed by atoms with E-state index in [9.17, 15) is 10.1 Å². The zero-order valence-corrected chi connectivity index (χ0v) is 18.8. The number of fused-ring (bicyclic) bond motifs is 1. The second-order valence-corrected chi connectivity index (χ2v) is 8.66. The molecule has 1 aromatic carbocycles. The Morgan fingerprint density at radius 1 is 1.21 bits per heavy atom. The Labute approximate surface area is 178 Å². The molecule has 3 aromatic rings. The summed E-state index contributed by atoms with van der Waals surface area (Å²) in [5.74, 6) is 0.395. The summed E-state index contributed by atoms with van der Waals surface area (Å²) < 4.78 is 13.3. The highest BCUT2D eigenvalue weighted by molar-refractivity contribution is 9.10. The van der Waals surface area contributed by atoms with Crippen LogP contribution in [0.5, 0.6) is 5.75 Å². The molecule has 29 heavy (non-hydrogen) atoms. The zero-order chi connectivity index (χ0) is 21.5. The summed E-state index contributed by atoms with van der Waals surface area (Å²) in [5.41, 5.74) is 3.99. The molecule has 0 N–H and O–H groups in total. The van der Waals surface area contributed by atoms with E-state index in [0.717, 1.165) is 27.8 Å². The first kappa shape index (κ1) is 20.9. The van der Waals surface area contributed by atoms with E-state index in [1.54, 1.807) is 33.0 Å². The molecule has 0 amide bonds. The summed E-state index contributed by atoms with van der Waals surface area (Å²) in [6, 6.07) is 7.78. The van der Waals surface area contributed by atoms with Crippen molar-refractivity contribution >= 4 is 33.1 Å². The number of benzene rings is 1. The number of halogens is 1. The molecule has 0 radical (unpaired) electrons. The molecule has 150 valence electrons. The average Bonchev–Trinajstić information content (AvgIpc) is 2.94. The number of hydrogen-bond donors (Lipinski definition) is 0. The van der Waals surface area contributed by atoms with Gasteiger partial charge in [-0.2, -0.15) is 5.26 Å². The summed E-state index contributed by atoms with van der Waals surface area (Å²) in [6.07, 6.45) is 0.998. The van der Waals surface area contributed by atoms with Crippen LogP contribution in [0.25, 0.3) is 16.7 Å². The molecule has 0 bridgehead atoms. The molecule has 7 heteroatoms. The van der Waals surface area contributed by atoms with Gasteiger partial charge in [0.1, 0.15) is 27.7 Å². The van der Waals surface area contributed by atoms with Gasteiger partial charge in [-0.15, -0.1) is 0 Å². The summed E-state index contributed by atoms with van der Waals surface area (Å²) >= 11 is 3.47. The number of aromatic nitrogens is 2. The number of nitrogens with zero attached hydrogens (tertiary/aromatic N) is 3. The monoisotopic (exact) mass is 455 g/mol. The normalized spacial score (nSPS) is 11.4. The van der Waals surface area contributed by atoms with Gasteiger partial charge in [-0.1, -0.05) is 6.07 Å². The largest absolute Gasteiger partial charge is 0.514 e. The molecule has 0 saturated heterocycles. The van der Waals surface area contributed by atoms with Crippen molar-refractivity contribution in [1.82, 2.24) is 9.55 Å². The maximum Gasteiger partial charge on any atom is 0.514 e. The van der Waals surface area contributed by atoms with Crippen LogP contribution >= 0.6 is 15.9 Å². The van der Waals surface area contributed by atoms with Gasteiger partial charge in [0.2, 0.25) is 0 Å². The number of pyridine rings is 1. The Morgan fingerprint density at radius 2 is 1.90 bits per heavy atom. The van der Waals surface area contributed by atoms with Crippen LogP contribution in [-0.4, -0.2) is 21.3 Å². The molecule has 2 heterocycles. The molecule has 2 aromatic heterocycles. The van der Waals surface area contributed by atoms with Gasteiger partial charge in [0.25, 0.3) is 0 Å². The molecule has 3 rings (SSSR count). The standard InChI is InChI=1S/C22H22BrN3O3/c1-12-7-8-17(28-21(27)29-22(4,5)6)14(3)18(12)26-11-15(10-24)16-9-13(2)19(23)25-20(16)26/h7-9,11H,1-6H3. The van der Waals surface area contributed by atoms with Crippen LogP contribution in [0.3, 0.4) is 0 Å². The topological polar surface area (TPSA) is 77.1 Å². The number of aryl methyl sites for hydroxylation is 2. The highest BCUT2D eigenvalue weighted by atomic mass is 79.9. The van der Waals surface area contributed by atoms with Crippen molar-refractivity contribution in [3.05, 3.63) is 51.3 Å². The van der Waals surface area contributed by atoms with E-state index < -0.39 is 11.8 Å². The molecule has 0 aliphatic rings. The first-order valence-electron chi connectivity index (χ1n) is 9.11. The number of rotatable bonds is 2. The Balaban J connectivity index is 2.16. The lowest BCUT2D eigenvalue weighted by molar-refractivity contribution is 0.0205. The Bertz CT molecular complexity index is 1170. The fourth-order valence-corrected chi connectivity index (χ4v) is 3.42. The smallest absolute Gasteiger partial charge is 0.428 e. The Morgan fingerprint density at radius 3 is 2.52 bits per heavy atom. The van der Waals surface area contributed by atoms with Crippen molar-refractivity contribution in [3.8, 4) is 17.5 Å². The van der Waals surface area contributed by atoms with Crippen molar-refractivity contribution < 1.29 is 14.3 Å². The molecule has 0 spiro atoms. The van der Waals surface area contributed by atoms with Gasteiger partial charge in [-0.05, 0) is 80.7 Å². The van der Waals surface area contributed by atoms with Crippen LogP contribution in [0.15, 0.2) is 29.0 Å². The summed E-state index contributed by atoms with van der Waals surface area (Å²) in [5, 5.41) is 10.4. The minimum absolute atomic E-state index is 0.395. The number of carbonyl (C=O) groups excluding carboxylic acids is 1. The Kier molecular flexibility index (Phi) is 5.42. The molecule has 0 saturated carbocycles. The van der Waals surface area contributed by atoms with E-state index in [1.165, 1.54) is 0 Å². The first-order chi connectivity index (χ1) is 13.5. The van der Waals surface area contributed by atoms with Gasteiger partial charge in [0.05, 0.1) is 11.3 Å². The lowest BCUT2D eigenvalue weighted by Gasteiger charge is -2.20. The lowest BCUT2D eigenvalue weighted by atomic mass is 10.1. The number of nitriles is 1. The van der Waals surface area contributed by atoms with E-state index in [0.29, 0.717) is 21.6 Å². The zero-order valence-electron chi connectivity index (χ0n) is 17.3. The van der Waals surface area contributed by atoms with Gasteiger partial charge in [-0.25, -0.2) is 9.78 Å². The van der Waals surface area contributed by atoms with Crippen LogP contribution in [0.4, 0.5) is 4.79 Å². The van der Waals surface area contributed by atoms with E-state index in [4.69, 9.17) is 9.47 Å². The number of carbonyl (C=O) groups is 1. The third-order valence-electron chi connectivity index (χ3n) is 4.43. The third kappa shape index (κ3) is 4.13. The molecular formula is C22H22BrN3O3. The van der Waals surface area contributed by atoms with Crippen LogP contribution in [0, 0.1) is 32.1 Å². The van der Waals surface area contributed by atoms with E-state index in [-0.39, 0.29) is 0 Å². The Hall–Kier alpha value is -2.85. The summed E-state index contributed by atoms with van der Waals surface area (Å²) in [6.45, 7) is 11.1. The van der Waals surface area contributed by atoms with Gasteiger partial charge < -0.3 is 9.47 Å². The van der Waals surface area contributed by atoms with Crippen molar-refractivity contribution in [1.29, 1.82) is 5.26 Å². The fourth-order valence-electron chi connectivity index (χ4n) is 3.14. The van der Waals surface area contributed by atoms with Gasteiger partial charge >= 0.3 is 6.16 Å². The van der Waals surface area contributed by atoms with E-state index in [2.05, 4.69) is 27.0 Å². The highest BCUT2D eigenvalue weighted by Gasteiger charge is 2.21. The van der Waals surface area contributed by atoms with Crippen LogP contribution < -0.4 is 4.74 Å². The molecular weight excluding hydrogens is 434 g/mol. The summed E-state index contributed by atoms with van der Waals surface area (Å²) in [4.78, 5) is 16.8. The summed E-state index contributed by atoms with van der Waals surface area (Å²) in [7, 11) is 0. The van der Waals surface area contributed by atoms with Gasteiger partial charge in [0, 0.05) is 17.1 Å². The maximum absolute atomic E-state index is 12.1. The molecule has 6 nitrogen and oxygen atoms in total. The molecule has 0 unspecified atom stereocenters. The van der Waals surface area contributed by atoms with Crippen molar-refractivity contribution in [2.24, 2.45) is 0 Å². The minimum atomic E-state index is -0.762. The first-order valence-corrected chi connectivity index (χ1v) is 9.91. The second-order valence-electron chi connectivity index (χ2n) is 7.91. The third-order valence-corrected chi connectivity index (χ3v) is 5.24. The minimum Gasteiger partial charge on any atom is -0.428 e. The predicted molar refractivity (Wildman–Crippen MR) is 115 cm³/mol. The van der Waals surface area contributed by atoms with E-state index >= 15 is 0 Å². The maximum atomic E-state index is 12.1. The number of ether oxygens (including phenoxy) is 2. The van der Waals surface area contributed by atoms with Crippen LogP contribution in [-0.2, 0) is 4.74 Å². The highest BCUT2D eigenvalue weighted by Crippen LogP contribution is 2.33. The second kappa shape index (κ2) is 7.53. The predicted octanol–water partition coefficient (Wildman–Crippen LogP) is 5.90. The van der Waals surface area contributed by atoms with Crippen molar-refractivity contribution in [3.63, 3.8) is 0 Å². The van der Waals surface area contributed by atoms with Gasteiger partial charge in [0.15, 0.2) is 0 Å². The molecule has 0 aliphatic heterocycles. The molecule has 0 fully saturated rings. The SMILES string of the molecule is Cc1cc2c(C#N)cn(-c3c(C)ccc(OC(=O)OC(C)(C)C)c3C)c2nc1Br. The van der Waals surface area contributed by atoms with E-state index in [1.807, 2.05) is 37.5 Å².